The lowest BCUT2D eigenvalue weighted by atomic mass is 9.68. The topological polar surface area (TPSA) is 96.3 Å². The predicted molar refractivity (Wildman–Crippen MR) is 82.1 cm³/mol. The summed E-state index contributed by atoms with van der Waals surface area (Å²) in [4.78, 5) is 25.6. The molecule has 0 spiro atoms. The number of carbonyl (C=O) groups excluding carboxylic acids is 1. The number of likely N-dealkylation sites (tertiary alicyclic amines) is 1. The Balaban J connectivity index is 2.22. The maximum Gasteiger partial charge on any atom is 0.410 e. The van der Waals surface area contributed by atoms with Gasteiger partial charge >= 0.3 is 12.1 Å². The number of amides is 1. The average Bonchev–Trinajstić information content (AvgIpc) is 2.91. The van der Waals surface area contributed by atoms with Crippen LogP contribution >= 0.6 is 0 Å². The average molecular weight is 329 g/mol. The summed E-state index contributed by atoms with van der Waals surface area (Å²) in [6.45, 7) is 9.03. The molecule has 132 valence electrons. The minimum Gasteiger partial charge on any atom is -0.481 e. The van der Waals surface area contributed by atoms with Gasteiger partial charge in [0.1, 0.15) is 16.6 Å². The zero-order valence-electron chi connectivity index (χ0n) is 14.5. The maximum absolute atomic E-state index is 12.2. The minimum absolute atomic E-state index is 0.0472. The first-order valence-electron chi connectivity index (χ1n) is 7.88. The molecule has 2 unspecified atom stereocenters. The van der Waals surface area contributed by atoms with Gasteiger partial charge in [-0.15, -0.1) is 0 Å². The zero-order valence-corrected chi connectivity index (χ0v) is 14.5. The first kappa shape index (κ1) is 18.0. The lowest BCUT2D eigenvalue weighted by Crippen LogP contribution is -2.56. The van der Waals surface area contributed by atoms with Crippen LogP contribution in [0.15, 0.2) is 0 Å². The second-order valence-corrected chi connectivity index (χ2v) is 8.30. The summed E-state index contributed by atoms with van der Waals surface area (Å²) in [7, 11) is 0. The zero-order chi connectivity index (χ0) is 17.7. The van der Waals surface area contributed by atoms with Crippen molar-refractivity contribution in [2.45, 2.75) is 64.3 Å². The third-order valence-corrected chi connectivity index (χ3v) is 4.64. The molecule has 1 amide bonds. The van der Waals surface area contributed by atoms with Gasteiger partial charge in [-0.3, -0.25) is 4.79 Å². The van der Waals surface area contributed by atoms with E-state index in [1.165, 1.54) is 4.90 Å². The molecule has 2 saturated heterocycles. The fourth-order valence-electron chi connectivity index (χ4n) is 3.47. The first-order chi connectivity index (χ1) is 10.3. The second kappa shape index (κ2) is 5.34. The summed E-state index contributed by atoms with van der Waals surface area (Å²) in [6, 6.07) is 0. The maximum atomic E-state index is 12.2. The highest BCUT2D eigenvalue weighted by atomic mass is 16.6. The van der Waals surface area contributed by atoms with Crippen molar-refractivity contribution in [2.75, 3.05) is 19.7 Å². The van der Waals surface area contributed by atoms with Gasteiger partial charge < -0.3 is 24.6 Å². The fraction of sp³-hybridized carbons (Fsp3) is 0.875. The van der Waals surface area contributed by atoms with E-state index in [1.54, 1.807) is 20.8 Å². The minimum atomic E-state index is -1.50. The quantitative estimate of drug-likeness (QED) is 0.799. The number of aliphatic carboxylic acids is 1. The van der Waals surface area contributed by atoms with Gasteiger partial charge in [0.05, 0.1) is 12.2 Å². The normalized spacial score (nSPS) is 33.7. The van der Waals surface area contributed by atoms with Crippen LogP contribution in [0.2, 0.25) is 0 Å². The highest BCUT2D eigenvalue weighted by molar-refractivity contribution is 5.79. The molecule has 2 N–H and O–H groups in total. The van der Waals surface area contributed by atoms with Gasteiger partial charge in [-0.25, -0.2) is 4.79 Å². The van der Waals surface area contributed by atoms with Gasteiger partial charge in [0.25, 0.3) is 0 Å². The van der Waals surface area contributed by atoms with Crippen LogP contribution in [0.5, 0.6) is 0 Å². The van der Waals surface area contributed by atoms with Crippen molar-refractivity contribution in [2.24, 2.45) is 5.41 Å². The molecule has 0 aromatic carbocycles. The molecule has 2 aliphatic heterocycles. The third-order valence-electron chi connectivity index (χ3n) is 4.64. The lowest BCUT2D eigenvalue weighted by Gasteiger charge is -2.38. The molecular formula is C16H27NO6. The van der Waals surface area contributed by atoms with Crippen LogP contribution in [-0.2, 0) is 14.3 Å². The molecule has 7 nitrogen and oxygen atoms in total. The number of ether oxygens (including phenoxy) is 2. The highest BCUT2D eigenvalue weighted by Gasteiger charge is 2.64. The van der Waals surface area contributed by atoms with Crippen LogP contribution in [0.3, 0.4) is 0 Å². The van der Waals surface area contributed by atoms with Crippen LogP contribution in [0, 0.1) is 5.41 Å². The SMILES string of the molecule is CC(C)(C)OC(=O)N1CCC(C(=O)O)(C2(O)COC(C)(C)C2)C1. The van der Waals surface area contributed by atoms with E-state index in [1.807, 2.05) is 13.8 Å². The first-order valence-corrected chi connectivity index (χ1v) is 7.88. The van der Waals surface area contributed by atoms with Crippen molar-refractivity contribution in [3.8, 4) is 0 Å². The molecule has 2 rings (SSSR count). The number of aliphatic hydroxyl groups is 1. The van der Waals surface area contributed by atoms with Crippen molar-refractivity contribution < 1.29 is 29.3 Å². The predicted octanol–water partition coefficient (Wildman–Crippen LogP) is 1.63. The number of nitrogens with zero attached hydrogens (tertiary/aromatic N) is 1. The largest absolute Gasteiger partial charge is 0.481 e. The van der Waals surface area contributed by atoms with Crippen LogP contribution in [-0.4, -0.2) is 63.7 Å². The molecule has 2 fully saturated rings. The standard InChI is InChI=1S/C16H27NO6/c1-13(2,3)23-12(20)17-7-6-15(9-17,11(18)19)16(21)8-14(4,5)22-10-16/h21H,6-10H2,1-5H3,(H,18,19). The third kappa shape index (κ3) is 3.30. The van der Waals surface area contributed by atoms with Crippen LogP contribution in [0.4, 0.5) is 4.79 Å². The Hall–Kier alpha value is -1.34. The smallest absolute Gasteiger partial charge is 0.410 e. The van der Waals surface area contributed by atoms with E-state index in [4.69, 9.17) is 9.47 Å². The van der Waals surface area contributed by atoms with Crippen molar-refractivity contribution in [3.05, 3.63) is 0 Å². The van der Waals surface area contributed by atoms with Crippen molar-refractivity contribution in [3.63, 3.8) is 0 Å². The summed E-state index contributed by atoms with van der Waals surface area (Å²) >= 11 is 0. The Labute approximate surface area is 136 Å². The Kier molecular flexibility index (Phi) is 4.18. The van der Waals surface area contributed by atoms with Gasteiger partial charge in [0.2, 0.25) is 0 Å². The summed E-state index contributed by atoms with van der Waals surface area (Å²) in [5.74, 6) is -1.10. The van der Waals surface area contributed by atoms with E-state index in [0.29, 0.717) is 0 Å². The van der Waals surface area contributed by atoms with E-state index in [2.05, 4.69) is 0 Å². The highest BCUT2D eigenvalue weighted by Crippen LogP contribution is 2.49. The number of carbonyl (C=O) groups is 2. The lowest BCUT2D eigenvalue weighted by molar-refractivity contribution is -0.167. The molecule has 23 heavy (non-hydrogen) atoms. The van der Waals surface area contributed by atoms with Gasteiger partial charge in [0, 0.05) is 19.5 Å². The van der Waals surface area contributed by atoms with E-state index in [-0.39, 0.29) is 32.5 Å². The van der Waals surface area contributed by atoms with E-state index in [0.717, 1.165) is 0 Å². The summed E-state index contributed by atoms with van der Waals surface area (Å²) in [5.41, 5.74) is -4.17. The van der Waals surface area contributed by atoms with Gasteiger partial charge in [-0.1, -0.05) is 0 Å². The molecule has 7 heteroatoms. The number of carboxylic acids is 1. The Bertz CT molecular complexity index is 511. The van der Waals surface area contributed by atoms with Crippen LogP contribution in [0.1, 0.15) is 47.5 Å². The van der Waals surface area contributed by atoms with E-state index < -0.39 is 34.3 Å². The van der Waals surface area contributed by atoms with E-state index >= 15 is 0 Å². The summed E-state index contributed by atoms with van der Waals surface area (Å²) in [6.07, 6.45) is -0.159. The van der Waals surface area contributed by atoms with Gasteiger partial charge in [-0.05, 0) is 41.0 Å². The van der Waals surface area contributed by atoms with Crippen LogP contribution < -0.4 is 0 Å². The summed E-state index contributed by atoms with van der Waals surface area (Å²) < 4.78 is 10.9. The van der Waals surface area contributed by atoms with Crippen molar-refractivity contribution >= 4 is 12.1 Å². The van der Waals surface area contributed by atoms with Gasteiger partial charge in [0.15, 0.2) is 0 Å². The molecule has 0 saturated carbocycles. The summed E-state index contributed by atoms with van der Waals surface area (Å²) in [5, 5.41) is 20.8. The van der Waals surface area contributed by atoms with Crippen molar-refractivity contribution in [1.29, 1.82) is 0 Å². The molecule has 2 aliphatic rings. The molecule has 0 aliphatic carbocycles. The molecule has 0 bridgehead atoms. The number of hydrogen-bond donors (Lipinski definition) is 2. The van der Waals surface area contributed by atoms with E-state index in [9.17, 15) is 19.8 Å². The fourth-order valence-corrected chi connectivity index (χ4v) is 3.47. The molecule has 2 heterocycles. The number of carboxylic acid groups (broad SMARTS) is 1. The van der Waals surface area contributed by atoms with Gasteiger partial charge in [-0.2, -0.15) is 0 Å². The Morgan fingerprint density at radius 1 is 1.26 bits per heavy atom. The second-order valence-electron chi connectivity index (χ2n) is 8.30. The molecule has 0 aromatic rings. The molecular weight excluding hydrogens is 302 g/mol. The molecule has 0 radical (unpaired) electrons. The number of rotatable bonds is 2. The Morgan fingerprint density at radius 2 is 1.87 bits per heavy atom. The Morgan fingerprint density at radius 3 is 2.30 bits per heavy atom. The van der Waals surface area contributed by atoms with Crippen LogP contribution in [0.25, 0.3) is 0 Å². The van der Waals surface area contributed by atoms with Crippen molar-refractivity contribution in [1.82, 2.24) is 4.90 Å². The number of hydrogen-bond acceptors (Lipinski definition) is 5. The molecule has 0 aromatic heterocycles. The molecule has 2 atom stereocenters. The monoisotopic (exact) mass is 329 g/mol.